The smallest absolute Gasteiger partial charge is 0.191 e. The molecule has 1 saturated heterocycles. The van der Waals surface area contributed by atoms with Crippen molar-refractivity contribution in [1.82, 2.24) is 10.6 Å². The van der Waals surface area contributed by atoms with Gasteiger partial charge in [-0.2, -0.15) is 0 Å². The molecule has 27 heavy (non-hydrogen) atoms. The largest absolute Gasteiger partial charge is 0.381 e. The summed E-state index contributed by atoms with van der Waals surface area (Å²) in [6.07, 6.45) is 6.86. The van der Waals surface area contributed by atoms with Crippen LogP contribution in [-0.4, -0.2) is 45.0 Å². The van der Waals surface area contributed by atoms with Crippen molar-refractivity contribution in [3.8, 4) is 0 Å². The zero-order valence-electron chi connectivity index (χ0n) is 17.1. The van der Waals surface area contributed by atoms with E-state index < -0.39 is 0 Å². The van der Waals surface area contributed by atoms with E-state index in [1.165, 1.54) is 42.4 Å². The van der Waals surface area contributed by atoms with Gasteiger partial charge in [0.25, 0.3) is 0 Å². The fraction of sp³-hybridized carbons (Fsp3) is 0.682. The van der Waals surface area contributed by atoms with E-state index in [1.54, 1.807) is 7.11 Å². The van der Waals surface area contributed by atoms with E-state index >= 15 is 0 Å². The highest BCUT2D eigenvalue weighted by molar-refractivity contribution is 5.80. The standard InChI is InChI=1S/C22H35N3O2/c1-4-23-21(24-16-22(26-3)11-13-27-14-12-22)25-17(2)19-10-9-18-7-5-6-8-20(18)15-19/h9-10,15,17H,4-8,11-14,16H2,1-3H3,(H2,23,24,25). The topological polar surface area (TPSA) is 54.9 Å². The molecule has 5 heteroatoms. The predicted molar refractivity (Wildman–Crippen MR) is 110 cm³/mol. The van der Waals surface area contributed by atoms with Crippen molar-refractivity contribution in [2.24, 2.45) is 4.99 Å². The molecule has 0 spiro atoms. The second kappa shape index (κ2) is 9.56. The van der Waals surface area contributed by atoms with Gasteiger partial charge in [-0.3, -0.25) is 4.99 Å². The zero-order chi connectivity index (χ0) is 19.1. The average Bonchev–Trinajstić information content (AvgIpc) is 2.72. The first-order valence-corrected chi connectivity index (χ1v) is 10.5. The first-order chi connectivity index (χ1) is 13.2. The maximum atomic E-state index is 5.82. The van der Waals surface area contributed by atoms with Crippen molar-refractivity contribution in [2.75, 3.05) is 33.4 Å². The van der Waals surface area contributed by atoms with Gasteiger partial charge in [0.05, 0.1) is 18.2 Å². The second-order valence-corrected chi connectivity index (χ2v) is 7.80. The maximum absolute atomic E-state index is 5.82. The molecule has 2 N–H and O–H groups in total. The Morgan fingerprint density at radius 1 is 1.22 bits per heavy atom. The lowest BCUT2D eigenvalue weighted by molar-refractivity contribution is -0.0828. The minimum Gasteiger partial charge on any atom is -0.381 e. The number of methoxy groups -OCH3 is 1. The molecule has 1 unspecified atom stereocenters. The maximum Gasteiger partial charge on any atom is 0.191 e. The molecule has 1 aliphatic heterocycles. The molecular weight excluding hydrogens is 338 g/mol. The highest BCUT2D eigenvalue weighted by Gasteiger charge is 2.32. The Labute approximate surface area is 163 Å². The summed E-state index contributed by atoms with van der Waals surface area (Å²) in [6.45, 7) is 7.29. The normalized spacial score (nSPS) is 20.6. The molecule has 1 aromatic carbocycles. The molecule has 0 radical (unpaired) electrons. The Morgan fingerprint density at radius 2 is 1.96 bits per heavy atom. The fourth-order valence-electron chi connectivity index (χ4n) is 4.02. The van der Waals surface area contributed by atoms with E-state index in [0.717, 1.165) is 38.6 Å². The lowest BCUT2D eigenvalue weighted by atomic mass is 9.89. The first-order valence-electron chi connectivity index (χ1n) is 10.5. The van der Waals surface area contributed by atoms with E-state index in [4.69, 9.17) is 14.5 Å². The molecule has 150 valence electrons. The Kier molecular flexibility index (Phi) is 7.13. The summed E-state index contributed by atoms with van der Waals surface area (Å²) < 4.78 is 11.3. The number of fused-ring (bicyclic) bond motifs is 1. The van der Waals surface area contributed by atoms with Crippen molar-refractivity contribution in [3.63, 3.8) is 0 Å². The molecule has 1 heterocycles. The summed E-state index contributed by atoms with van der Waals surface area (Å²) in [6, 6.07) is 7.17. The van der Waals surface area contributed by atoms with Gasteiger partial charge in [-0.05, 0) is 56.2 Å². The summed E-state index contributed by atoms with van der Waals surface area (Å²) >= 11 is 0. The van der Waals surface area contributed by atoms with Crippen LogP contribution in [0.4, 0.5) is 0 Å². The van der Waals surface area contributed by atoms with E-state index in [0.29, 0.717) is 6.54 Å². The number of nitrogens with zero attached hydrogens (tertiary/aromatic N) is 1. The first kappa shape index (κ1) is 20.2. The Bertz CT molecular complexity index is 638. The molecule has 0 aromatic heterocycles. The molecule has 2 aliphatic rings. The van der Waals surface area contributed by atoms with Crippen LogP contribution < -0.4 is 10.6 Å². The van der Waals surface area contributed by atoms with Crippen LogP contribution in [0.5, 0.6) is 0 Å². The lowest BCUT2D eigenvalue weighted by Gasteiger charge is -2.34. The van der Waals surface area contributed by atoms with Crippen LogP contribution in [0.25, 0.3) is 0 Å². The number of aliphatic imine (C=N–C) groups is 1. The van der Waals surface area contributed by atoms with Crippen LogP contribution in [0.1, 0.15) is 62.3 Å². The lowest BCUT2D eigenvalue weighted by Crippen LogP contribution is -2.44. The summed E-state index contributed by atoms with van der Waals surface area (Å²) in [5.74, 6) is 0.852. The third-order valence-corrected chi connectivity index (χ3v) is 5.93. The summed E-state index contributed by atoms with van der Waals surface area (Å²) in [5, 5.41) is 6.95. The van der Waals surface area contributed by atoms with Gasteiger partial charge in [0.1, 0.15) is 0 Å². The zero-order valence-corrected chi connectivity index (χ0v) is 17.1. The Balaban J connectivity index is 1.67. The number of nitrogens with one attached hydrogen (secondary N) is 2. The third kappa shape index (κ3) is 5.23. The number of hydrogen-bond donors (Lipinski definition) is 2. The molecule has 3 rings (SSSR count). The monoisotopic (exact) mass is 373 g/mol. The molecule has 1 aliphatic carbocycles. The molecule has 1 atom stereocenters. The number of rotatable bonds is 6. The van der Waals surface area contributed by atoms with Crippen LogP contribution in [0.3, 0.4) is 0 Å². The summed E-state index contributed by atoms with van der Waals surface area (Å²) in [5.41, 5.74) is 4.18. The number of ether oxygens (including phenoxy) is 2. The quantitative estimate of drug-likeness (QED) is 0.593. The van der Waals surface area contributed by atoms with Crippen molar-refractivity contribution in [2.45, 2.75) is 64.0 Å². The van der Waals surface area contributed by atoms with Crippen LogP contribution in [-0.2, 0) is 22.3 Å². The highest BCUT2D eigenvalue weighted by Crippen LogP contribution is 2.26. The number of aryl methyl sites for hydroxylation is 2. The van der Waals surface area contributed by atoms with Crippen LogP contribution in [0.15, 0.2) is 23.2 Å². The number of benzene rings is 1. The van der Waals surface area contributed by atoms with Gasteiger partial charge < -0.3 is 20.1 Å². The molecule has 1 fully saturated rings. The van der Waals surface area contributed by atoms with Gasteiger partial charge in [0.15, 0.2) is 5.96 Å². The van der Waals surface area contributed by atoms with Crippen molar-refractivity contribution in [3.05, 3.63) is 34.9 Å². The minimum atomic E-state index is -0.199. The molecule has 5 nitrogen and oxygen atoms in total. The van der Waals surface area contributed by atoms with Crippen LogP contribution in [0.2, 0.25) is 0 Å². The van der Waals surface area contributed by atoms with Gasteiger partial charge in [-0.25, -0.2) is 0 Å². The van der Waals surface area contributed by atoms with E-state index in [9.17, 15) is 0 Å². The van der Waals surface area contributed by atoms with Crippen LogP contribution in [0, 0.1) is 0 Å². The predicted octanol–water partition coefficient (Wildman–Crippen LogP) is 3.38. The SMILES string of the molecule is CCNC(=NCC1(OC)CCOCC1)NC(C)c1ccc2c(c1)CCCC2. The van der Waals surface area contributed by atoms with E-state index in [-0.39, 0.29) is 11.6 Å². The molecule has 0 amide bonds. The number of hydrogen-bond acceptors (Lipinski definition) is 3. The van der Waals surface area contributed by atoms with Crippen molar-refractivity contribution < 1.29 is 9.47 Å². The van der Waals surface area contributed by atoms with E-state index in [2.05, 4.69) is 42.7 Å². The molecule has 1 aromatic rings. The van der Waals surface area contributed by atoms with E-state index in [1.807, 2.05) is 0 Å². The van der Waals surface area contributed by atoms with Gasteiger partial charge in [0.2, 0.25) is 0 Å². The van der Waals surface area contributed by atoms with Crippen LogP contribution >= 0.6 is 0 Å². The Hall–Kier alpha value is -1.59. The molecule has 0 bridgehead atoms. The Morgan fingerprint density at radius 3 is 2.67 bits per heavy atom. The van der Waals surface area contributed by atoms with Crippen molar-refractivity contribution >= 4 is 5.96 Å². The average molecular weight is 374 g/mol. The van der Waals surface area contributed by atoms with Crippen molar-refractivity contribution in [1.29, 1.82) is 0 Å². The third-order valence-electron chi connectivity index (χ3n) is 5.93. The van der Waals surface area contributed by atoms with Gasteiger partial charge in [-0.15, -0.1) is 0 Å². The minimum absolute atomic E-state index is 0.199. The fourth-order valence-corrected chi connectivity index (χ4v) is 4.02. The number of guanidine groups is 1. The second-order valence-electron chi connectivity index (χ2n) is 7.80. The molecule has 0 saturated carbocycles. The van der Waals surface area contributed by atoms with Gasteiger partial charge >= 0.3 is 0 Å². The highest BCUT2D eigenvalue weighted by atomic mass is 16.5. The summed E-state index contributed by atoms with van der Waals surface area (Å²) in [4.78, 5) is 4.85. The summed E-state index contributed by atoms with van der Waals surface area (Å²) in [7, 11) is 1.79. The van der Waals surface area contributed by atoms with Gasteiger partial charge in [-0.1, -0.05) is 18.2 Å². The van der Waals surface area contributed by atoms with Gasteiger partial charge in [0, 0.05) is 39.7 Å². The molecular formula is C22H35N3O2.